The van der Waals surface area contributed by atoms with Crippen molar-refractivity contribution in [1.82, 2.24) is 9.21 Å². The number of sulfonamides is 1. The number of methoxy groups -OCH3 is 1. The molecule has 2 heterocycles. The summed E-state index contributed by atoms with van der Waals surface area (Å²) in [7, 11) is -2.53. The minimum atomic E-state index is -3.89. The van der Waals surface area contributed by atoms with Crippen LogP contribution in [0, 0.1) is 0 Å². The molecule has 2 aromatic carbocycles. The average Bonchev–Trinajstić information content (AvgIpc) is 2.86. The van der Waals surface area contributed by atoms with Gasteiger partial charge in [0.2, 0.25) is 10.0 Å². The minimum absolute atomic E-state index is 0.0272. The monoisotopic (exact) mass is 474 g/mol. The molecule has 0 unspecified atom stereocenters. The zero-order valence-electron chi connectivity index (χ0n) is 18.4. The Morgan fingerprint density at radius 2 is 1.76 bits per heavy atom. The molecule has 0 aromatic heterocycles. The third-order valence-electron chi connectivity index (χ3n) is 5.80. The van der Waals surface area contributed by atoms with Crippen molar-refractivity contribution in [2.45, 2.75) is 17.9 Å². The van der Waals surface area contributed by atoms with E-state index in [2.05, 4.69) is 0 Å². The number of carbonyl (C=O) groups is 2. The number of esters is 1. The van der Waals surface area contributed by atoms with E-state index in [9.17, 15) is 18.0 Å². The predicted molar refractivity (Wildman–Crippen MR) is 118 cm³/mol. The summed E-state index contributed by atoms with van der Waals surface area (Å²) in [6.07, 6.45) is 0.747. The molecule has 2 aliphatic heterocycles. The number of morpholine rings is 1. The Bertz CT molecular complexity index is 1140. The second-order valence-corrected chi connectivity index (χ2v) is 9.70. The van der Waals surface area contributed by atoms with E-state index in [0.717, 1.165) is 12.0 Å². The Balaban J connectivity index is 1.44. The van der Waals surface area contributed by atoms with E-state index in [-0.39, 0.29) is 35.2 Å². The summed E-state index contributed by atoms with van der Waals surface area (Å²) in [5, 5.41) is 0. The van der Waals surface area contributed by atoms with Gasteiger partial charge in [0.15, 0.2) is 6.61 Å². The van der Waals surface area contributed by atoms with Gasteiger partial charge in [-0.05, 0) is 35.7 Å². The number of rotatable bonds is 6. The molecular formula is C23H26N2O7S. The number of amides is 1. The summed E-state index contributed by atoms with van der Waals surface area (Å²) in [6, 6.07) is 12.0. The lowest BCUT2D eigenvalue weighted by Gasteiger charge is -2.28. The minimum Gasteiger partial charge on any atom is -0.495 e. The highest BCUT2D eigenvalue weighted by atomic mass is 32.2. The van der Waals surface area contributed by atoms with Crippen LogP contribution in [0.3, 0.4) is 0 Å². The van der Waals surface area contributed by atoms with Crippen molar-refractivity contribution in [2.75, 3.05) is 46.6 Å². The molecule has 1 fully saturated rings. The Hall–Kier alpha value is -2.95. The van der Waals surface area contributed by atoms with Crippen molar-refractivity contribution < 1.29 is 32.2 Å². The summed E-state index contributed by atoms with van der Waals surface area (Å²) in [5.74, 6) is -0.949. The molecule has 0 radical (unpaired) electrons. The smallest absolute Gasteiger partial charge is 0.338 e. The van der Waals surface area contributed by atoms with E-state index < -0.39 is 22.6 Å². The maximum absolute atomic E-state index is 13.1. The van der Waals surface area contributed by atoms with Crippen molar-refractivity contribution in [1.29, 1.82) is 0 Å². The largest absolute Gasteiger partial charge is 0.495 e. The summed E-state index contributed by atoms with van der Waals surface area (Å²) in [4.78, 5) is 26.7. The molecule has 0 spiro atoms. The second-order valence-electron chi connectivity index (χ2n) is 7.79. The normalized spacial score (nSPS) is 16.7. The Morgan fingerprint density at radius 1 is 1.03 bits per heavy atom. The molecule has 1 amide bonds. The molecule has 0 saturated carbocycles. The molecule has 33 heavy (non-hydrogen) atoms. The third-order valence-corrected chi connectivity index (χ3v) is 7.72. The number of benzene rings is 2. The molecule has 4 rings (SSSR count). The molecular weight excluding hydrogens is 448 g/mol. The molecule has 0 bridgehead atoms. The van der Waals surface area contributed by atoms with Gasteiger partial charge in [-0.25, -0.2) is 13.2 Å². The lowest BCUT2D eigenvalue weighted by Crippen LogP contribution is -2.40. The molecule has 176 valence electrons. The zero-order valence-corrected chi connectivity index (χ0v) is 19.2. The van der Waals surface area contributed by atoms with Crippen molar-refractivity contribution in [3.8, 4) is 5.75 Å². The standard InChI is InChI=1S/C23H26N2O7S/c1-30-20-7-6-18(14-21(20)33(28,29)25-10-12-31-13-11-25)23(27)32-16-22(26)24-9-8-17-4-2-3-5-19(17)15-24/h2-7,14H,8-13,15-16H2,1H3. The topological polar surface area (TPSA) is 102 Å². The van der Waals surface area contributed by atoms with Crippen LogP contribution in [0.1, 0.15) is 21.5 Å². The fourth-order valence-corrected chi connectivity index (χ4v) is 5.53. The van der Waals surface area contributed by atoms with Crippen LogP contribution in [0.4, 0.5) is 0 Å². The van der Waals surface area contributed by atoms with Crippen LogP contribution < -0.4 is 4.74 Å². The van der Waals surface area contributed by atoms with Gasteiger partial charge in [-0.15, -0.1) is 0 Å². The fourth-order valence-electron chi connectivity index (χ4n) is 3.94. The maximum Gasteiger partial charge on any atom is 0.338 e. The second kappa shape index (κ2) is 9.90. The molecule has 0 atom stereocenters. The summed E-state index contributed by atoms with van der Waals surface area (Å²) < 4.78 is 43.1. The number of fused-ring (bicyclic) bond motifs is 1. The lowest BCUT2D eigenvalue weighted by molar-refractivity contribution is -0.135. The first-order valence-electron chi connectivity index (χ1n) is 10.7. The van der Waals surface area contributed by atoms with Crippen molar-refractivity contribution >= 4 is 21.9 Å². The average molecular weight is 475 g/mol. The number of hydrogen-bond acceptors (Lipinski definition) is 7. The van der Waals surface area contributed by atoms with Crippen molar-refractivity contribution in [3.05, 3.63) is 59.2 Å². The first kappa shape index (κ1) is 23.2. The zero-order chi connectivity index (χ0) is 23.4. The number of carbonyl (C=O) groups excluding carboxylic acids is 2. The van der Waals surface area contributed by atoms with Gasteiger partial charge in [-0.2, -0.15) is 4.31 Å². The Labute approximate surface area is 192 Å². The van der Waals surface area contributed by atoms with E-state index in [0.29, 0.717) is 26.3 Å². The maximum atomic E-state index is 13.1. The van der Waals surface area contributed by atoms with Gasteiger partial charge in [0.25, 0.3) is 5.91 Å². The number of hydrogen-bond donors (Lipinski definition) is 0. The molecule has 10 heteroatoms. The fraction of sp³-hybridized carbons (Fsp3) is 0.391. The number of nitrogens with zero attached hydrogens (tertiary/aromatic N) is 2. The van der Waals surface area contributed by atoms with E-state index in [1.54, 1.807) is 4.90 Å². The van der Waals surface area contributed by atoms with Crippen molar-refractivity contribution in [3.63, 3.8) is 0 Å². The van der Waals surface area contributed by atoms with Gasteiger partial charge >= 0.3 is 5.97 Å². The highest BCUT2D eigenvalue weighted by Crippen LogP contribution is 2.29. The quantitative estimate of drug-likeness (QED) is 0.584. The van der Waals surface area contributed by atoms with Gasteiger partial charge in [0.1, 0.15) is 10.6 Å². The molecule has 2 aromatic rings. The van der Waals surface area contributed by atoms with Crippen LogP contribution in [0.5, 0.6) is 5.75 Å². The van der Waals surface area contributed by atoms with Crippen LogP contribution in [0.15, 0.2) is 47.4 Å². The molecule has 9 nitrogen and oxygen atoms in total. The first-order chi connectivity index (χ1) is 15.9. The first-order valence-corrected chi connectivity index (χ1v) is 12.1. The predicted octanol–water partition coefficient (Wildman–Crippen LogP) is 1.46. The SMILES string of the molecule is COc1ccc(C(=O)OCC(=O)N2CCc3ccccc3C2)cc1S(=O)(=O)N1CCOCC1. The summed E-state index contributed by atoms with van der Waals surface area (Å²) in [6.45, 7) is 1.63. The van der Waals surface area contributed by atoms with Crippen molar-refractivity contribution in [2.24, 2.45) is 0 Å². The Kier molecular flexibility index (Phi) is 6.96. The van der Waals surface area contributed by atoms with Crippen LogP contribution in [-0.4, -0.2) is 76.1 Å². The molecule has 0 aliphatic carbocycles. The van der Waals surface area contributed by atoms with E-state index >= 15 is 0 Å². The lowest BCUT2D eigenvalue weighted by atomic mass is 10.00. The van der Waals surface area contributed by atoms with Gasteiger partial charge in [0.05, 0.1) is 25.9 Å². The summed E-state index contributed by atoms with van der Waals surface area (Å²) in [5.41, 5.74) is 2.32. The van der Waals surface area contributed by atoms with Crippen LogP contribution in [0.25, 0.3) is 0 Å². The van der Waals surface area contributed by atoms with E-state index in [4.69, 9.17) is 14.2 Å². The van der Waals surface area contributed by atoms with Crippen LogP contribution in [-0.2, 0) is 37.3 Å². The molecule has 1 saturated heterocycles. The van der Waals surface area contributed by atoms with Crippen LogP contribution >= 0.6 is 0 Å². The molecule has 0 N–H and O–H groups in total. The van der Waals surface area contributed by atoms with Gasteiger partial charge in [0, 0.05) is 26.2 Å². The van der Waals surface area contributed by atoms with Crippen LogP contribution in [0.2, 0.25) is 0 Å². The summed E-state index contributed by atoms with van der Waals surface area (Å²) >= 11 is 0. The van der Waals surface area contributed by atoms with E-state index in [1.807, 2.05) is 24.3 Å². The Morgan fingerprint density at radius 3 is 2.48 bits per heavy atom. The van der Waals surface area contributed by atoms with Gasteiger partial charge in [-0.3, -0.25) is 4.79 Å². The molecule has 2 aliphatic rings. The highest BCUT2D eigenvalue weighted by molar-refractivity contribution is 7.89. The highest BCUT2D eigenvalue weighted by Gasteiger charge is 2.30. The van der Waals surface area contributed by atoms with E-state index in [1.165, 1.54) is 35.2 Å². The van der Waals surface area contributed by atoms with Gasteiger partial charge < -0.3 is 19.1 Å². The third kappa shape index (κ3) is 5.02. The number of ether oxygens (including phenoxy) is 3. The van der Waals surface area contributed by atoms with Gasteiger partial charge in [-0.1, -0.05) is 24.3 Å².